The molecule has 41 heteroatoms. The second-order valence-corrected chi connectivity index (χ2v) is 40.0. The molecule has 0 saturated carbocycles. The molecule has 10 aromatic rings. The average molecular weight is 2190 g/mol. The molecular formula is C100H135BrCl4KN8O24P3. The topological polar surface area (TPSA) is 440 Å². The molecule has 770 valence electrons. The second-order valence-electron chi connectivity index (χ2n) is 33.5. The number of benzene rings is 8. The molecule has 0 radical (unpaired) electrons. The van der Waals surface area contributed by atoms with E-state index in [1.807, 2.05) is 170 Å². The number of hydrogen-bond donors (Lipinski definition) is 6. The third-order valence-electron chi connectivity index (χ3n) is 20.0. The Labute approximate surface area is 904 Å². The number of carboxylic acids is 2. The van der Waals surface area contributed by atoms with Crippen molar-refractivity contribution in [2.24, 2.45) is 33.0 Å². The number of fused-ring (bicyclic) bond motifs is 2. The van der Waals surface area contributed by atoms with Crippen molar-refractivity contribution in [1.82, 2.24) is 19.1 Å². The van der Waals surface area contributed by atoms with Crippen molar-refractivity contribution >= 4 is 193 Å². The number of carboxylic acid groups (broad SMARTS) is 2. The van der Waals surface area contributed by atoms with E-state index in [4.69, 9.17) is 95.6 Å². The van der Waals surface area contributed by atoms with Crippen LogP contribution in [0.4, 0.5) is 22.7 Å². The number of ether oxygens (including phenoxy) is 11. The van der Waals surface area contributed by atoms with Crippen molar-refractivity contribution < 1.29 is 167 Å². The SMILES string of the molecule is C.COC(=O)C(C)(C)CC(=O)Nc1cc(OC)ccc1NCc1ccccc1Cl.COC(=O)C(C)(C)CC(=O)O.COC(=O)C(C)(C)Cc1nc2cc(OC)ccc2n1Cc1ccccc1Cl.COC(=O)C(C)C.COC(=O)CBr.COC(=O)CC(C)(C)C(=O)OC.COc1ccc(NCc2ccccc2Cl)c(N)c1.COc1ccc2c(c1)nc(CC(C)(C)C(=O)O)n2Cc1ccccc1Cl.PPP.[K+].[OH-]. The van der Waals surface area contributed by atoms with Crippen LogP contribution in [0.25, 0.3) is 22.1 Å². The standard InChI is InChI=1S/C21H25ClN2O4.C21H23ClN2O3.C20H21ClN2O3.C14H15ClN2O.C8H14O4.C7H12O4.C5H10O2.C3H5BrO2.CH4.K.H2O.H5P3/c1-21(2,20(26)28-4)12-19(25)24-18-11-15(27-3)9-10-17(18)23-13-14-7-5-6-8-16(14)22;1-21(2,20(25)27-4)12-19-23-17-11-15(26-3)9-10-18(17)24(19)13-14-7-5-6-8-16(14)22;1-20(2,19(24)25)11-18-22-16-10-14(26-3)8-9-17(16)23(18)12-13-6-4-5-7-15(13)21;1-18-11-6-7-14(13(16)8-11)17-9-10-4-2-3-5-12(10)15;1-8(2,7(10)12-4)5-6(9)11-3;1-7(2,4-5(8)9)6(10)11-3;1-4(2)5(6)7-3;1-6-3(5)2-4;;;;1-3-2/h5-11,23H,12-13H2,1-4H3,(H,24,25);5-11H,12-13H2,1-4H3;4-10H,11-12H2,1-3H3,(H,24,25);2-8,17H,9,16H2,1H3;5H2,1-4H3;4H2,1-3H3,(H,8,9);4H,1-3H3;2H2,1H3;1H4;;1H2;3H,1-2H2/q;;;;;;;;;+1;;/p-1. The number of nitrogen functional groups attached to an aromatic ring is 1. The van der Waals surface area contributed by atoms with Gasteiger partial charge in [-0.05, 0) is 164 Å². The molecular weight excluding hydrogens is 2050 g/mol. The zero-order valence-corrected chi connectivity index (χ0v) is 94.7. The molecule has 0 fully saturated rings. The fourth-order valence-electron chi connectivity index (χ4n) is 12.1. The Bertz CT molecular complexity index is 5650. The summed E-state index contributed by atoms with van der Waals surface area (Å²) < 4.78 is 56.8. The van der Waals surface area contributed by atoms with Crippen LogP contribution in [-0.4, -0.2) is 178 Å². The van der Waals surface area contributed by atoms with Crippen LogP contribution in [-0.2, 0) is 120 Å². The molecule has 2 atom stereocenters. The number of hydrogen-bond acceptors (Lipinski definition) is 27. The maximum absolute atomic E-state index is 12.5. The van der Waals surface area contributed by atoms with Gasteiger partial charge in [-0.25, -0.2) is 9.97 Å². The summed E-state index contributed by atoms with van der Waals surface area (Å²) in [6, 6.07) is 52.9. The zero-order chi connectivity index (χ0) is 105. The number of amides is 1. The van der Waals surface area contributed by atoms with Crippen LogP contribution in [0.3, 0.4) is 0 Å². The average Bonchev–Trinajstić information content (AvgIpc) is 1.63. The number of halogens is 5. The number of anilines is 4. The summed E-state index contributed by atoms with van der Waals surface area (Å²) in [5.74, 6) is -0.264. The van der Waals surface area contributed by atoms with Gasteiger partial charge in [0.2, 0.25) is 5.91 Å². The Hall–Kier alpha value is -9.47. The Balaban J connectivity index is 0. The van der Waals surface area contributed by atoms with Crippen LogP contribution in [0.15, 0.2) is 170 Å². The van der Waals surface area contributed by atoms with Crippen molar-refractivity contribution in [2.75, 3.05) is 105 Å². The number of alkyl halides is 1. The van der Waals surface area contributed by atoms with E-state index in [9.17, 15) is 53.1 Å². The van der Waals surface area contributed by atoms with E-state index in [2.05, 4.69) is 78.0 Å². The minimum Gasteiger partial charge on any atom is -0.870 e. The van der Waals surface area contributed by atoms with Crippen LogP contribution >= 0.6 is 88.1 Å². The van der Waals surface area contributed by atoms with E-state index in [1.54, 1.807) is 102 Å². The third-order valence-corrected chi connectivity index (χ3v) is 21.9. The predicted molar refractivity (Wildman–Crippen MR) is 565 cm³/mol. The summed E-state index contributed by atoms with van der Waals surface area (Å²) >= 11 is 27.9. The number of methoxy groups -OCH3 is 11. The Kier molecular flexibility index (Phi) is 63.7. The summed E-state index contributed by atoms with van der Waals surface area (Å²) in [6.07, 6.45) is 0.571. The summed E-state index contributed by atoms with van der Waals surface area (Å²) in [5, 5.41) is 30.3. The summed E-state index contributed by atoms with van der Waals surface area (Å²) in [7, 11) is 21.7. The Morgan fingerprint density at radius 1 is 0.433 bits per heavy atom. The quantitative estimate of drug-likeness (QED) is 0.00569. The summed E-state index contributed by atoms with van der Waals surface area (Å²) in [4.78, 5) is 121. The van der Waals surface area contributed by atoms with Crippen molar-refractivity contribution in [2.45, 2.75) is 149 Å². The minimum absolute atomic E-state index is 0. The van der Waals surface area contributed by atoms with Crippen LogP contribution in [0, 0.1) is 33.0 Å². The van der Waals surface area contributed by atoms with Crippen LogP contribution < -0.4 is 92.0 Å². The van der Waals surface area contributed by atoms with Gasteiger partial charge in [-0.2, -0.15) is 0 Å². The molecule has 2 aromatic heterocycles. The molecule has 0 saturated heterocycles. The summed E-state index contributed by atoms with van der Waals surface area (Å²) in [5.41, 5.74) is 11.8. The first-order valence-corrected chi connectivity index (χ1v) is 49.8. The van der Waals surface area contributed by atoms with Crippen LogP contribution in [0.1, 0.15) is 144 Å². The molecule has 0 aliphatic rings. The van der Waals surface area contributed by atoms with E-state index < -0.39 is 62.9 Å². The van der Waals surface area contributed by atoms with Gasteiger partial charge in [-0.15, -0.1) is 17.9 Å². The van der Waals surface area contributed by atoms with E-state index >= 15 is 0 Å². The molecule has 0 aliphatic carbocycles. The van der Waals surface area contributed by atoms with Gasteiger partial charge >= 0.3 is 105 Å². The number of nitrogens with zero attached hydrogens (tertiary/aromatic N) is 4. The number of carbonyl (C=O) groups is 10. The Morgan fingerprint density at radius 3 is 1.08 bits per heavy atom. The molecule has 0 bridgehead atoms. The van der Waals surface area contributed by atoms with E-state index in [1.165, 1.54) is 63.6 Å². The van der Waals surface area contributed by atoms with E-state index in [0.717, 1.165) is 80.3 Å². The maximum atomic E-state index is 12.5. The van der Waals surface area contributed by atoms with Gasteiger partial charge < -0.3 is 98.6 Å². The number of aliphatic carboxylic acids is 2. The number of aromatic nitrogens is 4. The molecule has 2 heterocycles. The molecule has 10 rings (SSSR count). The molecule has 8 aromatic carbocycles. The molecule has 32 nitrogen and oxygen atoms in total. The summed E-state index contributed by atoms with van der Waals surface area (Å²) in [6.45, 7) is 22.6. The number of nitrogens with one attached hydrogen (secondary N) is 3. The molecule has 0 spiro atoms. The van der Waals surface area contributed by atoms with E-state index in [-0.39, 0.29) is 119 Å². The van der Waals surface area contributed by atoms with Gasteiger partial charge in [0, 0.05) is 76.7 Å². The molecule has 8 N–H and O–H groups in total. The maximum Gasteiger partial charge on any atom is 1.00 e. The molecule has 0 aliphatic heterocycles. The number of nitrogens with two attached hydrogens (primary N) is 1. The second kappa shape index (κ2) is 67.2. The zero-order valence-electron chi connectivity index (χ0n) is 83.6. The first-order chi connectivity index (χ1) is 64.9. The number of imidazole rings is 2. The molecule has 1 amide bonds. The van der Waals surface area contributed by atoms with E-state index in [0.29, 0.717) is 88.5 Å². The fraction of sp³-hybridized carbons (Fsp3) is 0.400. The normalized spacial score (nSPS) is 10.5. The predicted octanol–water partition coefficient (Wildman–Crippen LogP) is 18.4. The van der Waals surface area contributed by atoms with Gasteiger partial charge in [0.25, 0.3) is 0 Å². The van der Waals surface area contributed by atoms with Crippen molar-refractivity contribution in [3.05, 3.63) is 224 Å². The first-order valence-electron chi connectivity index (χ1n) is 42.5. The van der Waals surface area contributed by atoms with Crippen molar-refractivity contribution in [3.63, 3.8) is 0 Å². The Morgan fingerprint density at radius 2 is 0.759 bits per heavy atom. The van der Waals surface area contributed by atoms with Crippen LogP contribution in [0.2, 0.25) is 20.1 Å². The smallest absolute Gasteiger partial charge is 0.870 e. The molecule has 141 heavy (non-hydrogen) atoms. The van der Waals surface area contributed by atoms with Crippen molar-refractivity contribution in [1.29, 1.82) is 0 Å². The van der Waals surface area contributed by atoms with Crippen molar-refractivity contribution in [3.8, 4) is 23.0 Å². The molecule has 2 unspecified atom stereocenters. The van der Waals surface area contributed by atoms with Gasteiger partial charge in [0.15, 0.2) is 0 Å². The van der Waals surface area contributed by atoms with Crippen LogP contribution in [0.5, 0.6) is 23.0 Å². The number of rotatable bonds is 32. The van der Waals surface area contributed by atoms with Gasteiger partial charge in [-0.3, -0.25) is 47.9 Å². The number of esters is 7. The van der Waals surface area contributed by atoms with Gasteiger partial charge in [0.05, 0.1) is 182 Å². The largest absolute Gasteiger partial charge is 1.00 e. The third kappa shape index (κ3) is 46.4. The van der Waals surface area contributed by atoms with Gasteiger partial charge in [-0.1, -0.05) is 164 Å². The minimum atomic E-state index is -1.000. The monoisotopic (exact) mass is 2180 g/mol. The number of carbonyl (C=O) groups excluding carboxylic acids is 8. The first kappa shape index (κ1) is 134. The fourth-order valence-corrected chi connectivity index (χ4v) is 13.2. The van der Waals surface area contributed by atoms with Gasteiger partial charge in [0.1, 0.15) is 40.0 Å².